The smallest absolute Gasteiger partial charge is 0.314 e. The minimum absolute atomic E-state index is 0.0833. The molecule has 2 saturated heterocycles. The molecule has 2 fully saturated rings. The number of hydrogen-bond acceptors (Lipinski definition) is 5. The molecule has 154 valence electrons. The minimum atomic E-state index is -0.638. The molecular formula is C22H32N2O4. The van der Waals surface area contributed by atoms with Crippen molar-refractivity contribution in [2.45, 2.75) is 44.7 Å². The monoisotopic (exact) mass is 388 g/mol. The molecule has 1 aromatic carbocycles. The number of carbonyl (C=O) groups is 2. The van der Waals surface area contributed by atoms with Gasteiger partial charge in [0.2, 0.25) is 5.91 Å². The molecule has 1 amide bonds. The van der Waals surface area contributed by atoms with Crippen LogP contribution in [0.25, 0.3) is 0 Å². The molecule has 0 N–H and O–H groups in total. The fourth-order valence-electron chi connectivity index (χ4n) is 4.91. The van der Waals surface area contributed by atoms with Crippen molar-refractivity contribution in [1.29, 1.82) is 0 Å². The van der Waals surface area contributed by atoms with E-state index in [1.807, 2.05) is 42.0 Å². The molecule has 0 spiro atoms. The number of nitrogens with zero attached hydrogens (tertiary/aromatic N) is 2. The fourth-order valence-corrected chi connectivity index (χ4v) is 4.91. The largest absolute Gasteiger partial charge is 0.465 e. The van der Waals surface area contributed by atoms with E-state index >= 15 is 0 Å². The number of likely N-dealkylation sites (N-methyl/N-ethyl adjacent to an activating group) is 1. The number of fused-ring (bicyclic) bond motifs is 2. The van der Waals surface area contributed by atoms with E-state index in [1.54, 1.807) is 7.11 Å². The second-order valence-corrected chi connectivity index (χ2v) is 8.02. The summed E-state index contributed by atoms with van der Waals surface area (Å²) in [4.78, 5) is 30.2. The number of benzene rings is 1. The van der Waals surface area contributed by atoms with Gasteiger partial charge in [0.05, 0.1) is 25.2 Å². The highest BCUT2D eigenvalue weighted by molar-refractivity contribution is 5.85. The molecule has 1 aromatic rings. The van der Waals surface area contributed by atoms with Gasteiger partial charge < -0.3 is 14.4 Å². The SMILES string of the molecule is CCOC(=O)[C@@]1(Cc2ccccc2)C[C@H]2CC[C@@H]1N2C(=O)CN(C)CCOC. The summed E-state index contributed by atoms with van der Waals surface area (Å²) in [6, 6.07) is 10.1. The summed E-state index contributed by atoms with van der Waals surface area (Å²) >= 11 is 0. The molecule has 0 aromatic heterocycles. The number of rotatable bonds is 9. The first-order chi connectivity index (χ1) is 13.5. The molecule has 28 heavy (non-hydrogen) atoms. The first-order valence-corrected chi connectivity index (χ1v) is 10.2. The molecule has 3 rings (SSSR count). The average Bonchev–Trinajstić information content (AvgIpc) is 3.24. The molecular weight excluding hydrogens is 356 g/mol. The van der Waals surface area contributed by atoms with Gasteiger partial charge in [-0.3, -0.25) is 14.5 Å². The molecule has 2 bridgehead atoms. The van der Waals surface area contributed by atoms with Crippen LogP contribution >= 0.6 is 0 Å². The second kappa shape index (κ2) is 9.05. The Morgan fingerprint density at radius 1 is 1.25 bits per heavy atom. The van der Waals surface area contributed by atoms with Crippen LogP contribution in [0.4, 0.5) is 0 Å². The van der Waals surface area contributed by atoms with Gasteiger partial charge >= 0.3 is 5.97 Å². The summed E-state index contributed by atoms with van der Waals surface area (Å²) in [6.07, 6.45) is 3.15. The van der Waals surface area contributed by atoms with E-state index in [2.05, 4.69) is 12.1 Å². The van der Waals surface area contributed by atoms with Crippen LogP contribution in [0, 0.1) is 5.41 Å². The van der Waals surface area contributed by atoms with Gasteiger partial charge in [-0.15, -0.1) is 0 Å². The van der Waals surface area contributed by atoms with Crippen LogP contribution in [0.3, 0.4) is 0 Å². The van der Waals surface area contributed by atoms with Crippen molar-refractivity contribution >= 4 is 11.9 Å². The van der Waals surface area contributed by atoms with Crippen LogP contribution in [0.15, 0.2) is 30.3 Å². The van der Waals surface area contributed by atoms with Gasteiger partial charge in [0.15, 0.2) is 0 Å². The predicted molar refractivity (Wildman–Crippen MR) is 107 cm³/mol. The Morgan fingerprint density at radius 2 is 2.00 bits per heavy atom. The highest BCUT2D eigenvalue weighted by atomic mass is 16.5. The van der Waals surface area contributed by atoms with E-state index in [1.165, 1.54) is 0 Å². The van der Waals surface area contributed by atoms with Gasteiger partial charge in [0.1, 0.15) is 0 Å². The molecule has 6 heteroatoms. The second-order valence-electron chi connectivity index (χ2n) is 8.02. The Balaban J connectivity index is 1.81. The van der Waals surface area contributed by atoms with Crippen molar-refractivity contribution < 1.29 is 19.1 Å². The van der Waals surface area contributed by atoms with Gasteiger partial charge in [-0.05, 0) is 45.2 Å². The Bertz CT molecular complexity index is 680. The zero-order chi connectivity index (χ0) is 20.1. The first kappa shape index (κ1) is 20.8. The lowest BCUT2D eigenvalue weighted by Gasteiger charge is -2.35. The van der Waals surface area contributed by atoms with Gasteiger partial charge in [-0.1, -0.05) is 30.3 Å². The molecule has 0 radical (unpaired) electrons. The zero-order valence-corrected chi connectivity index (χ0v) is 17.2. The average molecular weight is 389 g/mol. The Morgan fingerprint density at radius 3 is 2.68 bits per heavy atom. The lowest BCUT2D eigenvalue weighted by atomic mass is 9.70. The van der Waals surface area contributed by atoms with Crippen LogP contribution in [0.5, 0.6) is 0 Å². The lowest BCUT2D eigenvalue weighted by Crippen LogP contribution is -2.49. The van der Waals surface area contributed by atoms with Gasteiger partial charge in [0, 0.05) is 25.7 Å². The molecule has 2 aliphatic rings. The lowest BCUT2D eigenvalue weighted by molar-refractivity contribution is -0.158. The van der Waals surface area contributed by atoms with Crippen LogP contribution in [0.1, 0.15) is 31.7 Å². The highest BCUT2D eigenvalue weighted by Gasteiger charge is 2.61. The maximum absolute atomic E-state index is 13.1. The first-order valence-electron chi connectivity index (χ1n) is 10.2. The van der Waals surface area contributed by atoms with Crippen LogP contribution in [-0.2, 0) is 25.5 Å². The van der Waals surface area contributed by atoms with E-state index < -0.39 is 5.41 Å². The number of amides is 1. The summed E-state index contributed by atoms with van der Waals surface area (Å²) in [5, 5.41) is 0. The molecule has 2 aliphatic heterocycles. The van der Waals surface area contributed by atoms with Crippen molar-refractivity contribution in [3.63, 3.8) is 0 Å². The maximum atomic E-state index is 13.1. The van der Waals surface area contributed by atoms with Crippen molar-refractivity contribution in [2.75, 3.05) is 40.5 Å². The predicted octanol–water partition coefficient (Wildman–Crippen LogP) is 2.12. The number of methoxy groups -OCH3 is 1. The Kier molecular flexibility index (Phi) is 6.73. The third kappa shape index (κ3) is 4.08. The standard InChI is InChI=1S/C22H32N2O4/c1-4-28-21(26)22(14-17-8-6-5-7-9-17)15-18-10-11-19(22)24(18)20(25)16-23(2)12-13-27-3/h5-9,18-19H,4,10-16H2,1-3H3/t18-,19+,22+/m1/s1. The maximum Gasteiger partial charge on any atom is 0.314 e. The van der Waals surface area contributed by atoms with Crippen LogP contribution < -0.4 is 0 Å². The van der Waals surface area contributed by atoms with E-state index in [4.69, 9.17) is 9.47 Å². The van der Waals surface area contributed by atoms with Crippen molar-refractivity contribution in [2.24, 2.45) is 5.41 Å². The number of ether oxygens (including phenoxy) is 2. The van der Waals surface area contributed by atoms with E-state index in [-0.39, 0.29) is 24.0 Å². The Hall–Kier alpha value is -1.92. The topological polar surface area (TPSA) is 59.1 Å². The third-order valence-corrected chi connectivity index (χ3v) is 6.15. The molecule has 3 atom stereocenters. The van der Waals surface area contributed by atoms with E-state index in [9.17, 15) is 9.59 Å². The summed E-state index contributed by atoms with van der Waals surface area (Å²) in [6.45, 7) is 3.85. The third-order valence-electron chi connectivity index (χ3n) is 6.15. The number of carbonyl (C=O) groups excluding carboxylic acids is 2. The summed E-state index contributed by atoms with van der Waals surface area (Å²) in [7, 11) is 3.59. The normalized spacial score (nSPS) is 26.1. The highest BCUT2D eigenvalue weighted by Crippen LogP contribution is 2.52. The van der Waals surface area contributed by atoms with Gasteiger partial charge in [0.25, 0.3) is 0 Å². The van der Waals surface area contributed by atoms with Gasteiger partial charge in [-0.2, -0.15) is 0 Å². The zero-order valence-electron chi connectivity index (χ0n) is 17.2. The Labute approximate surface area is 167 Å². The summed E-state index contributed by atoms with van der Waals surface area (Å²) < 4.78 is 10.6. The number of hydrogen-bond donors (Lipinski definition) is 0. The molecule has 0 unspecified atom stereocenters. The van der Waals surface area contributed by atoms with Crippen molar-refractivity contribution in [3.8, 4) is 0 Å². The van der Waals surface area contributed by atoms with E-state index in [0.717, 1.165) is 18.4 Å². The summed E-state index contributed by atoms with van der Waals surface area (Å²) in [5.41, 5.74) is 0.480. The summed E-state index contributed by atoms with van der Waals surface area (Å²) in [5.74, 6) is -0.0538. The van der Waals surface area contributed by atoms with Gasteiger partial charge in [-0.25, -0.2) is 0 Å². The number of esters is 1. The molecule has 0 saturated carbocycles. The van der Waals surface area contributed by atoms with Crippen LogP contribution in [0.2, 0.25) is 0 Å². The van der Waals surface area contributed by atoms with Crippen molar-refractivity contribution in [1.82, 2.24) is 9.80 Å². The minimum Gasteiger partial charge on any atom is -0.465 e. The van der Waals surface area contributed by atoms with Crippen molar-refractivity contribution in [3.05, 3.63) is 35.9 Å². The molecule has 0 aliphatic carbocycles. The van der Waals surface area contributed by atoms with Crippen LogP contribution in [-0.4, -0.2) is 74.2 Å². The molecule has 2 heterocycles. The van der Waals surface area contributed by atoms with E-state index in [0.29, 0.717) is 39.1 Å². The molecule has 6 nitrogen and oxygen atoms in total. The fraction of sp³-hybridized carbons (Fsp3) is 0.636. The quantitative estimate of drug-likeness (QED) is 0.607.